The Hall–Kier alpha value is -1.62. The maximum absolute atomic E-state index is 6.59. The Morgan fingerprint density at radius 3 is 1.09 bits per heavy atom. The summed E-state index contributed by atoms with van der Waals surface area (Å²) < 4.78 is 0. The molecule has 0 aliphatic carbocycles. The molecular formula is C37H50Cl3N3V. The van der Waals surface area contributed by atoms with Crippen molar-refractivity contribution in [3.05, 3.63) is 86.2 Å². The first-order valence-corrected chi connectivity index (χ1v) is 16.4. The second kappa shape index (κ2) is 22.8. The molecule has 3 aromatic rings. The zero-order valence-corrected chi connectivity index (χ0v) is 31.2. The van der Waals surface area contributed by atoms with Gasteiger partial charge >= 0.3 is 18.6 Å². The molecule has 0 bridgehead atoms. The van der Waals surface area contributed by atoms with Gasteiger partial charge in [-0.2, -0.15) is 0 Å². The zero-order valence-electron chi connectivity index (χ0n) is 27.5. The predicted molar refractivity (Wildman–Crippen MR) is 181 cm³/mol. The van der Waals surface area contributed by atoms with Gasteiger partial charge in [-0.1, -0.05) is 116 Å². The van der Waals surface area contributed by atoms with Crippen LogP contribution in [-0.2, 0) is 57.1 Å². The summed E-state index contributed by atoms with van der Waals surface area (Å²) in [6, 6.07) is 13.2. The third-order valence-electron chi connectivity index (χ3n) is 7.29. The van der Waals surface area contributed by atoms with Crippen LogP contribution in [0.2, 0.25) is 5.02 Å². The van der Waals surface area contributed by atoms with E-state index in [9.17, 15) is 0 Å². The van der Waals surface area contributed by atoms with E-state index in [0.29, 0.717) is 5.02 Å². The number of hydrogen-bond donors (Lipinski definition) is 0. The number of aromatic nitrogens is 1. The van der Waals surface area contributed by atoms with Crippen LogP contribution in [0, 0.1) is 0 Å². The van der Waals surface area contributed by atoms with Crippen LogP contribution in [-0.4, -0.2) is 17.4 Å². The molecule has 0 spiro atoms. The molecule has 2 aromatic carbocycles. The van der Waals surface area contributed by atoms with Crippen molar-refractivity contribution in [2.24, 2.45) is 9.98 Å². The van der Waals surface area contributed by atoms with E-state index in [1.165, 1.54) is 33.4 Å². The van der Waals surface area contributed by atoms with Crippen molar-refractivity contribution < 1.29 is 43.4 Å². The van der Waals surface area contributed by atoms with Gasteiger partial charge in [-0.25, -0.2) is 4.98 Å². The molecule has 0 saturated carbocycles. The van der Waals surface area contributed by atoms with Crippen molar-refractivity contribution in [3.63, 3.8) is 0 Å². The molecule has 0 saturated heterocycles. The smallest absolute Gasteiger partial charge is 1.00 e. The molecule has 0 amide bonds. The molecule has 0 unspecified atom stereocenters. The van der Waals surface area contributed by atoms with Crippen molar-refractivity contribution in [2.75, 3.05) is 0 Å². The van der Waals surface area contributed by atoms with Crippen molar-refractivity contribution >= 4 is 35.4 Å². The summed E-state index contributed by atoms with van der Waals surface area (Å²) in [4.78, 5) is 14.9. The van der Waals surface area contributed by atoms with Crippen molar-refractivity contribution in [1.29, 1.82) is 0 Å². The molecule has 1 heterocycles. The minimum absolute atomic E-state index is 0. The molecule has 1 aromatic heterocycles. The SMILES string of the molecule is CCCc1cc(CCC)c(N=Cc2cc(Cl)cc(C=Nc3c(CCC)cc(CCC)cc3CCC)n2)c(CCC)c1.[Cl-].[Cl-].[V+2]. The largest absolute Gasteiger partial charge is 2.00 e. The van der Waals surface area contributed by atoms with Gasteiger partial charge in [0.1, 0.15) is 0 Å². The quantitative estimate of drug-likeness (QED) is 0.196. The average molecular weight is 694 g/mol. The first-order valence-electron chi connectivity index (χ1n) is 16.0. The fourth-order valence-electron chi connectivity index (χ4n) is 5.63. The summed E-state index contributed by atoms with van der Waals surface area (Å²) in [5.74, 6) is 0. The predicted octanol–water partition coefficient (Wildman–Crippen LogP) is 4.96. The summed E-state index contributed by atoms with van der Waals surface area (Å²) in [7, 11) is 0. The zero-order chi connectivity index (χ0) is 29.6. The molecule has 3 nitrogen and oxygen atoms in total. The second-order valence-corrected chi connectivity index (χ2v) is 11.6. The third kappa shape index (κ3) is 12.6. The third-order valence-corrected chi connectivity index (χ3v) is 7.51. The fraction of sp³-hybridized carbons (Fsp3) is 0.486. The van der Waals surface area contributed by atoms with E-state index in [-0.39, 0.29) is 43.4 Å². The van der Waals surface area contributed by atoms with Gasteiger partial charge in [0.05, 0.1) is 35.2 Å². The normalized spacial score (nSPS) is 11.0. The molecule has 3 rings (SSSR count). The summed E-state index contributed by atoms with van der Waals surface area (Å²) in [5.41, 5.74) is 11.9. The first kappa shape index (κ1) is 42.4. The van der Waals surface area contributed by atoms with Crippen molar-refractivity contribution in [3.8, 4) is 0 Å². The number of nitrogens with zero attached hydrogens (tertiary/aromatic N) is 3. The van der Waals surface area contributed by atoms with Crippen LogP contribution in [0.4, 0.5) is 11.4 Å². The maximum atomic E-state index is 6.59. The van der Waals surface area contributed by atoms with Crippen LogP contribution in [0.3, 0.4) is 0 Å². The van der Waals surface area contributed by atoms with E-state index in [4.69, 9.17) is 26.6 Å². The van der Waals surface area contributed by atoms with E-state index >= 15 is 0 Å². The minimum atomic E-state index is 0. The second-order valence-electron chi connectivity index (χ2n) is 11.2. The monoisotopic (exact) mass is 692 g/mol. The molecule has 239 valence electrons. The minimum Gasteiger partial charge on any atom is -1.00 e. The number of hydrogen-bond acceptors (Lipinski definition) is 3. The number of aliphatic imine (C=N–C) groups is 2. The van der Waals surface area contributed by atoms with Crippen LogP contribution >= 0.6 is 11.6 Å². The van der Waals surface area contributed by atoms with Crippen LogP contribution in [0.25, 0.3) is 0 Å². The molecule has 1 radical (unpaired) electrons. The van der Waals surface area contributed by atoms with E-state index < -0.39 is 0 Å². The first-order chi connectivity index (χ1) is 20.0. The number of pyridine rings is 1. The van der Waals surface area contributed by atoms with Crippen LogP contribution in [0.1, 0.15) is 125 Å². The Morgan fingerprint density at radius 1 is 0.523 bits per heavy atom. The Bertz CT molecular complexity index is 1190. The van der Waals surface area contributed by atoms with E-state index in [0.717, 1.165) is 99.8 Å². The van der Waals surface area contributed by atoms with E-state index in [1.54, 1.807) is 0 Å². The van der Waals surface area contributed by atoms with Crippen LogP contribution in [0.5, 0.6) is 0 Å². The van der Waals surface area contributed by atoms with E-state index in [2.05, 4.69) is 65.8 Å². The van der Waals surface area contributed by atoms with Gasteiger partial charge in [0.25, 0.3) is 0 Å². The standard InChI is InChI=1S/C37H50ClN3.2ClH.V/c1-7-13-27-19-29(15-9-3)36(30(20-27)16-10-4)39-25-34-23-33(38)24-35(41-34)26-40-37-31(17-11-5)21-28(14-8-2)22-32(37)18-12-6;;;/h19-26H,7-18H2,1-6H3;2*1H;/q;;;+2/p-2. The van der Waals surface area contributed by atoms with Gasteiger partial charge in [0.2, 0.25) is 0 Å². The Morgan fingerprint density at radius 2 is 0.818 bits per heavy atom. The molecule has 0 fully saturated rings. The number of halogens is 3. The van der Waals surface area contributed by atoms with Gasteiger partial charge in [0, 0.05) is 5.02 Å². The summed E-state index contributed by atoms with van der Waals surface area (Å²) in [6.45, 7) is 13.4. The summed E-state index contributed by atoms with van der Waals surface area (Å²) in [5, 5.41) is 0.643. The van der Waals surface area contributed by atoms with Gasteiger partial charge < -0.3 is 24.8 Å². The van der Waals surface area contributed by atoms with Crippen LogP contribution in [0.15, 0.2) is 46.4 Å². The maximum Gasteiger partial charge on any atom is 2.00 e. The van der Waals surface area contributed by atoms with Crippen molar-refractivity contribution in [1.82, 2.24) is 4.98 Å². The number of aryl methyl sites for hydroxylation is 6. The molecule has 0 aliphatic heterocycles. The Kier molecular flexibility index (Phi) is 22.0. The van der Waals surface area contributed by atoms with Crippen molar-refractivity contribution in [2.45, 2.75) is 119 Å². The summed E-state index contributed by atoms with van der Waals surface area (Å²) >= 11 is 6.59. The summed E-state index contributed by atoms with van der Waals surface area (Å²) in [6.07, 6.45) is 16.8. The van der Waals surface area contributed by atoms with Gasteiger partial charge in [-0.3, -0.25) is 9.98 Å². The molecule has 7 heteroatoms. The Balaban J connectivity index is 0.00000616. The average Bonchev–Trinajstić information content (AvgIpc) is 2.93. The molecule has 44 heavy (non-hydrogen) atoms. The van der Waals surface area contributed by atoms with E-state index in [1.807, 2.05) is 24.6 Å². The Labute approximate surface area is 296 Å². The van der Waals surface area contributed by atoms with Gasteiger partial charge in [0.15, 0.2) is 0 Å². The number of benzene rings is 2. The van der Waals surface area contributed by atoms with Gasteiger partial charge in [-0.05, 0) is 84.0 Å². The van der Waals surface area contributed by atoms with Crippen LogP contribution < -0.4 is 24.8 Å². The van der Waals surface area contributed by atoms with Gasteiger partial charge in [-0.15, -0.1) is 0 Å². The number of rotatable bonds is 16. The molecular weight excluding hydrogens is 644 g/mol. The molecule has 0 aliphatic rings. The topological polar surface area (TPSA) is 37.6 Å². The molecule has 0 atom stereocenters. The fourth-order valence-corrected chi connectivity index (χ4v) is 5.86. The molecule has 0 N–H and O–H groups in total.